The molecule has 0 radical (unpaired) electrons. The highest BCUT2D eigenvalue weighted by Gasteiger charge is 2.03. The summed E-state index contributed by atoms with van der Waals surface area (Å²) in [6.07, 6.45) is 3.30. The normalized spacial score (nSPS) is 9.60. The Kier molecular flexibility index (Phi) is 2.61. The van der Waals surface area contributed by atoms with E-state index in [4.69, 9.17) is 16.9 Å². The zero-order valence-electron chi connectivity index (χ0n) is 7.68. The SMILES string of the molecule is N#Cc1cc(Cl)cc(-c2ncccn2)c1. The van der Waals surface area contributed by atoms with Crippen LogP contribution in [0.1, 0.15) is 5.56 Å². The summed E-state index contributed by atoms with van der Waals surface area (Å²) in [4.78, 5) is 8.17. The van der Waals surface area contributed by atoms with Gasteiger partial charge in [-0.3, -0.25) is 0 Å². The Labute approximate surface area is 92.0 Å². The average molecular weight is 216 g/mol. The average Bonchev–Trinajstić information content (AvgIpc) is 2.29. The van der Waals surface area contributed by atoms with E-state index in [9.17, 15) is 0 Å². The van der Waals surface area contributed by atoms with Crippen molar-refractivity contribution in [2.24, 2.45) is 0 Å². The Hall–Kier alpha value is -1.92. The lowest BCUT2D eigenvalue weighted by Crippen LogP contribution is -1.87. The van der Waals surface area contributed by atoms with Crippen LogP contribution in [-0.2, 0) is 0 Å². The number of aromatic nitrogens is 2. The molecular formula is C11H6ClN3. The number of benzene rings is 1. The van der Waals surface area contributed by atoms with Crippen LogP contribution in [-0.4, -0.2) is 9.97 Å². The Bertz CT molecular complexity index is 517. The van der Waals surface area contributed by atoms with Crippen molar-refractivity contribution < 1.29 is 0 Å². The highest BCUT2D eigenvalue weighted by atomic mass is 35.5. The molecule has 2 rings (SSSR count). The first-order valence-corrected chi connectivity index (χ1v) is 4.65. The van der Waals surface area contributed by atoms with Crippen LogP contribution in [0.25, 0.3) is 11.4 Å². The van der Waals surface area contributed by atoms with E-state index in [1.807, 2.05) is 6.07 Å². The van der Waals surface area contributed by atoms with Crippen LogP contribution in [0.2, 0.25) is 5.02 Å². The standard InChI is InChI=1S/C11H6ClN3/c12-10-5-8(7-13)4-9(6-10)11-14-2-1-3-15-11/h1-6H. The molecule has 0 spiro atoms. The molecule has 1 aromatic carbocycles. The molecule has 1 aromatic heterocycles. The molecule has 1 heterocycles. The monoisotopic (exact) mass is 215 g/mol. The third kappa shape index (κ3) is 2.12. The van der Waals surface area contributed by atoms with Crippen LogP contribution in [0.5, 0.6) is 0 Å². The third-order valence-electron chi connectivity index (χ3n) is 1.85. The maximum Gasteiger partial charge on any atom is 0.159 e. The lowest BCUT2D eigenvalue weighted by atomic mass is 10.1. The van der Waals surface area contributed by atoms with Crippen LogP contribution >= 0.6 is 11.6 Å². The molecule has 0 atom stereocenters. The molecule has 0 N–H and O–H groups in total. The van der Waals surface area contributed by atoms with Crippen LogP contribution < -0.4 is 0 Å². The smallest absolute Gasteiger partial charge is 0.159 e. The summed E-state index contributed by atoms with van der Waals surface area (Å²) < 4.78 is 0. The van der Waals surface area contributed by atoms with Gasteiger partial charge >= 0.3 is 0 Å². The summed E-state index contributed by atoms with van der Waals surface area (Å²) in [5.74, 6) is 0.566. The molecule has 2 aromatic rings. The zero-order chi connectivity index (χ0) is 10.7. The molecule has 0 saturated carbocycles. The predicted octanol–water partition coefficient (Wildman–Crippen LogP) is 2.67. The van der Waals surface area contributed by atoms with Gasteiger partial charge < -0.3 is 0 Å². The molecule has 15 heavy (non-hydrogen) atoms. The molecule has 0 aliphatic heterocycles. The van der Waals surface area contributed by atoms with Gasteiger partial charge in [-0.15, -0.1) is 0 Å². The van der Waals surface area contributed by atoms with Gasteiger partial charge in [-0.25, -0.2) is 9.97 Å². The largest absolute Gasteiger partial charge is 0.237 e. The Morgan fingerprint density at radius 3 is 2.53 bits per heavy atom. The van der Waals surface area contributed by atoms with Crippen molar-refractivity contribution in [2.75, 3.05) is 0 Å². The maximum absolute atomic E-state index is 8.78. The van der Waals surface area contributed by atoms with Gasteiger partial charge in [0.25, 0.3) is 0 Å². The van der Waals surface area contributed by atoms with E-state index < -0.39 is 0 Å². The summed E-state index contributed by atoms with van der Waals surface area (Å²) in [5.41, 5.74) is 1.25. The second-order valence-electron chi connectivity index (χ2n) is 2.91. The highest BCUT2D eigenvalue weighted by Crippen LogP contribution is 2.21. The van der Waals surface area contributed by atoms with E-state index in [0.717, 1.165) is 5.56 Å². The number of hydrogen-bond acceptors (Lipinski definition) is 3. The van der Waals surface area contributed by atoms with E-state index in [2.05, 4.69) is 9.97 Å². The summed E-state index contributed by atoms with van der Waals surface area (Å²) in [7, 11) is 0. The number of rotatable bonds is 1. The van der Waals surface area contributed by atoms with Crippen LogP contribution in [0.15, 0.2) is 36.7 Å². The minimum Gasteiger partial charge on any atom is -0.237 e. The van der Waals surface area contributed by atoms with Crippen molar-refractivity contribution in [3.05, 3.63) is 47.2 Å². The van der Waals surface area contributed by atoms with Crippen molar-refractivity contribution in [1.82, 2.24) is 9.97 Å². The number of nitrogens with zero attached hydrogens (tertiary/aromatic N) is 3. The first-order valence-electron chi connectivity index (χ1n) is 4.27. The number of nitriles is 1. The van der Waals surface area contributed by atoms with Crippen LogP contribution in [0.3, 0.4) is 0 Å². The van der Waals surface area contributed by atoms with Gasteiger partial charge in [-0.05, 0) is 24.3 Å². The van der Waals surface area contributed by atoms with Gasteiger partial charge in [0.2, 0.25) is 0 Å². The topological polar surface area (TPSA) is 49.6 Å². The summed E-state index contributed by atoms with van der Waals surface area (Å²) in [6.45, 7) is 0. The lowest BCUT2D eigenvalue weighted by molar-refractivity contribution is 1.17. The van der Waals surface area contributed by atoms with E-state index in [1.54, 1.807) is 36.7 Å². The van der Waals surface area contributed by atoms with Crippen molar-refractivity contribution in [2.45, 2.75) is 0 Å². The molecule has 0 aliphatic carbocycles. The summed E-state index contributed by atoms with van der Waals surface area (Å²) >= 11 is 5.87. The van der Waals surface area contributed by atoms with Gasteiger partial charge in [0.1, 0.15) is 0 Å². The molecule has 3 nitrogen and oxygen atoms in total. The first kappa shape index (κ1) is 9.63. The lowest BCUT2D eigenvalue weighted by Gasteiger charge is -2.00. The van der Waals surface area contributed by atoms with Gasteiger partial charge in [0.05, 0.1) is 11.6 Å². The van der Waals surface area contributed by atoms with Gasteiger partial charge in [-0.1, -0.05) is 11.6 Å². The van der Waals surface area contributed by atoms with Crippen molar-refractivity contribution >= 4 is 11.6 Å². The summed E-state index contributed by atoms with van der Waals surface area (Å²) in [5, 5.41) is 9.29. The molecule has 0 aliphatic rings. The van der Waals surface area contributed by atoms with Crippen molar-refractivity contribution in [3.63, 3.8) is 0 Å². The van der Waals surface area contributed by atoms with Gasteiger partial charge in [0.15, 0.2) is 5.82 Å². The molecule has 72 valence electrons. The first-order chi connectivity index (χ1) is 7.29. The van der Waals surface area contributed by atoms with E-state index in [1.165, 1.54) is 0 Å². The highest BCUT2D eigenvalue weighted by molar-refractivity contribution is 6.31. The summed E-state index contributed by atoms with van der Waals surface area (Å²) in [6, 6.07) is 8.82. The number of halogens is 1. The minimum absolute atomic E-state index is 0.505. The molecule has 0 unspecified atom stereocenters. The fraction of sp³-hybridized carbons (Fsp3) is 0. The van der Waals surface area contributed by atoms with Crippen LogP contribution in [0, 0.1) is 11.3 Å². The number of hydrogen-bond donors (Lipinski definition) is 0. The minimum atomic E-state index is 0.505. The van der Waals surface area contributed by atoms with E-state index in [-0.39, 0.29) is 0 Å². The molecule has 0 saturated heterocycles. The fourth-order valence-electron chi connectivity index (χ4n) is 1.23. The quantitative estimate of drug-likeness (QED) is 0.735. The fourth-order valence-corrected chi connectivity index (χ4v) is 1.47. The van der Waals surface area contributed by atoms with Crippen molar-refractivity contribution in [3.8, 4) is 17.5 Å². The Morgan fingerprint density at radius 2 is 1.87 bits per heavy atom. The second kappa shape index (κ2) is 4.07. The molecule has 0 fully saturated rings. The van der Waals surface area contributed by atoms with Crippen molar-refractivity contribution in [1.29, 1.82) is 5.26 Å². The van der Waals surface area contributed by atoms with E-state index in [0.29, 0.717) is 16.4 Å². The Morgan fingerprint density at radius 1 is 1.13 bits per heavy atom. The van der Waals surface area contributed by atoms with Gasteiger partial charge in [-0.2, -0.15) is 5.26 Å². The Balaban J connectivity index is 2.55. The second-order valence-corrected chi connectivity index (χ2v) is 3.35. The van der Waals surface area contributed by atoms with Gasteiger partial charge in [0, 0.05) is 23.0 Å². The van der Waals surface area contributed by atoms with Crippen LogP contribution in [0.4, 0.5) is 0 Å². The molecule has 4 heteroatoms. The maximum atomic E-state index is 8.78. The molecular weight excluding hydrogens is 210 g/mol. The predicted molar refractivity (Wildman–Crippen MR) is 57.2 cm³/mol. The molecule has 0 amide bonds. The van der Waals surface area contributed by atoms with E-state index >= 15 is 0 Å². The molecule has 0 bridgehead atoms. The third-order valence-corrected chi connectivity index (χ3v) is 2.07. The zero-order valence-corrected chi connectivity index (χ0v) is 8.44.